The minimum Gasteiger partial charge on any atom is -0.398 e. The predicted octanol–water partition coefficient (Wildman–Crippen LogP) is 3.10. The number of carbonyl (C=O) groups excluding carboxylic acids is 1. The number of carbonyl (C=O) groups is 1. The first-order valence-corrected chi connectivity index (χ1v) is 6.45. The fourth-order valence-electron chi connectivity index (χ4n) is 1.64. The van der Waals surface area contributed by atoms with Crippen LogP contribution in [0.25, 0.3) is 0 Å². The summed E-state index contributed by atoms with van der Waals surface area (Å²) in [6.07, 6.45) is 0. The summed E-state index contributed by atoms with van der Waals surface area (Å²) in [6, 6.07) is 5.14. The van der Waals surface area contributed by atoms with Crippen molar-refractivity contribution in [3.63, 3.8) is 0 Å². The van der Waals surface area contributed by atoms with Crippen LogP contribution in [0.15, 0.2) is 29.6 Å². The van der Waals surface area contributed by atoms with Crippen molar-refractivity contribution in [2.45, 2.75) is 13.0 Å². The van der Waals surface area contributed by atoms with Crippen LogP contribution < -0.4 is 11.1 Å². The standard InChI is InChI=1S/C13H12F2N2OS/c1-7(12-3-2-4-19-12)17-13(18)8-5-9(14)10(15)6-11(8)16/h2-7H,16H2,1H3,(H,17,18). The third kappa shape index (κ3) is 2.90. The van der Waals surface area contributed by atoms with Gasteiger partial charge in [-0.1, -0.05) is 6.07 Å². The molecule has 2 rings (SSSR count). The number of benzene rings is 1. The second kappa shape index (κ2) is 5.36. The maximum Gasteiger partial charge on any atom is 0.253 e. The molecule has 3 nitrogen and oxygen atoms in total. The van der Waals surface area contributed by atoms with Crippen LogP contribution in [0.3, 0.4) is 0 Å². The quantitative estimate of drug-likeness (QED) is 0.850. The number of anilines is 1. The van der Waals surface area contributed by atoms with E-state index >= 15 is 0 Å². The highest BCUT2D eigenvalue weighted by Crippen LogP contribution is 2.21. The molecule has 1 unspecified atom stereocenters. The van der Waals surface area contributed by atoms with Crippen molar-refractivity contribution in [2.24, 2.45) is 0 Å². The maximum atomic E-state index is 13.1. The molecule has 1 heterocycles. The second-order valence-electron chi connectivity index (χ2n) is 4.06. The summed E-state index contributed by atoms with van der Waals surface area (Å²) in [5.74, 6) is -2.69. The number of rotatable bonds is 3. The van der Waals surface area contributed by atoms with Crippen molar-refractivity contribution in [3.8, 4) is 0 Å². The van der Waals surface area contributed by atoms with E-state index in [1.807, 2.05) is 17.5 Å². The Morgan fingerprint density at radius 2 is 2.05 bits per heavy atom. The third-order valence-electron chi connectivity index (χ3n) is 2.65. The molecular formula is C13H12F2N2OS. The number of hydrogen-bond acceptors (Lipinski definition) is 3. The van der Waals surface area contributed by atoms with Crippen LogP contribution in [0.4, 0.5) is 14.5 Å². The van der Waals surface area contributed by atoms with Crippen LogP contribution in [0.5, 0.6) is 0 Å². The maximum absolute atomic E-state index is 13.1. The lowest BCUT2D eigenvalue weighted by Crippen LogP contribution is -2.27. The van der Waals surface area contributed by atoms with Gasteiger partial charge in [0, 0.05) is 16.6 Å². The van der Waals surface area contributed by atoms with Crippen LogP contribution in [0.2, 0.25) is 0 Å². The largest absolute Gasteiger partial charge is 0.398 e. The van der Waals surface area contributed by atoms with Gasteiger partial charge in [0.25, 0.3) is 5.91 Å². The first-order valence-electron chi connectivity index (χ1n) is 5.58. The summed E-state index contributed by atoms with van der Waals surface area (Å²) in [7, 11) is 0. The molecule has 2 aromatic rings. The van der Waals surface area contributed by atoms with Gasteiger partial charge in [0.1, 0.15) is 0 Å². The molecule has 1 atom stereocenters. The zero-order valence-electron chi connectivity index (χ0n) is 10.1. The Morgan fingerprint density at radius 1 is 1.37 bits per heavy atom. The lowest BCUT2D eigenvalue weighted by molar-refractivity contribution is 0.0941. The van der Waals surface area contributed by atoms with Gasteiger partial charge in [-0.25, -0.2) is 8.78 Å². The summed E-state index contributed by atoms with van der Waals surface area (Å²) in [5.41, 5.74) is 5.37. The van der Waals surface area contributed by atoms with Gasteiger partial charge in [0.05, 0.1) is 11.6 Å². The Labute approximate surface area is 113 Å². The fraction of sp³-hybridized carbons (Fsp3) is 0.154. The normalized spacial score (nSPS) is 12.2. The monoisotopic (exact) mass is 282 g/mol. The molecule has 1 aromatic carbocycles. The molecule has 0 fully saturated rings. The SMILES string of the molecule is CC(NC(=O)c1cc(F)c(F)cc1N)c1cccs1. The highest BCUT2D eigenvalue weighted by molar-refractivity contribution is 7.10. The van der Waals surface area contributed by atoms with Gasteiger partial charge in [-0.05, 0) is 24.4 Å². The molecule has 0 spiro atoms. The van der Waals surface area contributed by atoms with E-state index in [9.17, 15) is 13.6 Å². The molecule has 0 saturated carbocycles. The Balaban J connectivity index is 2.19. The number of amides is 1. The van der Waals surface area contributed by atoms with Crippen molar-refractivity contribution in [1.29, 1.82) is 0 Å². The van der Waals surface area contributed by atoms with Crippen molar-refractivity contribution >= 4 is 22.9 Å². The number of hydrogen-bond donors (Lipinski definition) is 2. The van der Waals surface area contributed by atoms with Gasteiger partial charge >= 0.3 is 0 Å². The van der Waals surface area contributed by atoms with Crippen molar-refractivity contribution in [2.75, 3.05) is 5.73 Å². The predicted molar refractivity (Wildman–Crippen MR) is 71.0 cm³/mol. The fourth-order valence-corrected chi connectivity index (χ4v) is 2.38. The molecule has 0 saturated heterocycles. The molecule has 0 aliphatic carbocycles. The summed E-state index contributed by atoms with van der Waals surface area (Å²) >= 11 is 1.50. The first-order chi connectivity index (χ1) is 8.99. The molecule has 0 aliphatic heterocycles. The summed E-state index contributed by atoms with van der Waals surface area (Å²) in [4.78, 5) is 12.9. The Morgan fingerprint density at radius 3 is 2.68 bits per heavy atom. The molecular weight excluding hydrogens is 270 g/mol. The molecule has 100 valence electrons. The van der Waals surface area contributed by atoms with E-state index in [4.69, 9.17) is 5.73 Å². The molecule has 19 heavy (non-hydrogen) atoms. The van der Waals surface area contributed by atoms with Crippen LogP contribution >= 0.6 is 11.3 Å². The number of halogens is 2. The average Bonchev–Trinajstić information content (AvgIpc) is 2.87. The lowest BCUT2D eigenvalue weighted by atomic mass is 10.1. The van der Waals surface area contributed by atoms with Gasteiger partial charge in [-0.3, -0.25) is 4.79 Å². The Hall–Kier alpha value is -1.95. The highest BCUT2D eigenvalue weighted by atomic mass is 32.1. The highest BCUT2D eigenvalue weighted by Gasteiger charge is 2.17. The van der Waals surface area contributed by atoms with Crippen LogP contribution in [0, 0.1) is 11.6 Å². The van der Waals surface area contributed by atoms with Crippen molar-refractivity contribution < 1.29 is 13.6 Å². The molecule has 3 N–H and O–H groups in total. The number of nitrogens with one attached hydrogen (secondary N) is 1. The molecule has 0 aliphatic rings. The van der Waals surface area contributed by atoms with E-state index in [2.05, 4.69) is 5.32 Å². The summed E-state index contributed by atoms with van der Waals surface area (Å²) in [6.45, 7) is 1.81. The van der Waals surface area contributed by atoms with Crippen molar-refractivity contribution in [1.82, 2.24) is 5.32 Å². The summed E-state index contributed by atoms with van der Waals surface area (Å²) < 4.78 is 26.0. The van der Waals surface area contributed by atoms with Gasteiger partial charge in [-0.2, -0.15) is 0 Å². The van der Waals surface area contributed by atoms with Gasteiger partial charge in [-0.15, -0.1) is 11.3 Å². The van der Waals surface area contributed by atoms with Crippen LogP contribution in [0.1, 0.15) is 28.2 Å². The average molecular weight is 282 g/mol. The number of nitrogens with two attached hydrogens (primary N) is 1. The minimum atomic E-state index is -1.09. The van der Waals surface area contributed by atoms with E-state index in [0.29, 0.717) is 0 Å². The van der Waals surface area contributed by atoms with Crippen molar-refractivity contribution in [3.05, 3.63) is 51.7 Å². The number of nitrogen functional groups attached to an aromatic ring is 1. The first kappa shape index (κ1) is 13.5. The summed E-state index contributed by atoms with van der Waals surface area (Å²) in [5, 5.41) is 4.58. The van der Waals surface area contributed by atoms with E-state index < -0.39 is 17.5 Å². The Kier molecular flexibility index (Phi) is 3.80. The van der Waals surface area contributed by atoms with E-state index in [1.54, 1.807) is 6.92 Å². The molecule has 1 aromatic heterocycles. The van der Waals surface area contributed by atoms with Crippen LogP contribution in [-0.2, 0) is 0 Å². The molecule has 6 heteroatoms. The topological polar surface area (TPSA) is 55.1 Å². The minimum absolute atomic E-state index is 0.0673. The smallest absolute Gasteiger partial charge is 0.253 e. The van der Waals surface area contributed by atoms with E-state index in [1.165, 1.54) is 11.3 Å². The zero-order valence-corrected chi connectivity index (χ0v) is 10.9. The van der Waals surface area contributed by atoms with Crippen LogP contribution in [-0.4, -0.2) is 5.91 Å². The second-order valence-corrected chi connectivity index (χ2v) is 5.04. The van der Waals surface area contributed by atoms with Gasteiger partial charge < -0.3 is 11.1 Å². The number of thiophene rings is 1. The van der Waals surface area contributed by atoms with Gasteiger partial charge in [0.2, 0.25) is 0 Å². The lowest BCUT2D eigenvalue weighted by Gasteiger charge is -2.13. The zero-order chi connectivity index (χ0) is 14.0. The molecule has 1 amide bonds. The molecule has 0 bridgehead atoms. The Bertz CT molecular complexity index is 599. The van der Waals surface area contributed by atoms with Gasteiger partial charge in [0.15, 0.2) is 11.6 Å². The van der Waals surface area contributed by atoms with E-state index in [0.717, 1.165) is 17.0 Å². The van der Waals surface area contributed by atoms with E-state index in [-0.39, 0.29) is 17.3 Å². The third-order valence-corrected chi connectivity index (χ3v) is 3.71. The molecule has 0 radical (unpaired) electrons.